The molecule has 1 fully saturated rings. The second-order valence-electron chi connectivity index (χ2n) is 7.63. The molecule has 3 aromatic rings. The maximum atomic E-state index is 12.7. The van der Waals surface area contributed by atoms with Crippen molar-refractivity contribution in [3.63, 3.8) is 0 Å². The van der Waals surface area contributed by atoms with Crippen LogP contribution < -0.4 is 0 Å². The zero-order valence-corrected chi connectivity index (χ0v) is 17.1. The van der Waals surface area contributed by atoms with Crippen LogP contribution in [0.2, 0.25) is 5.02 Å². The topological polar surface area (TPSA) is 60.2 Å². The van der Waals surface area contributed by atoms with Crippen molar-refractivity contribution in [2.24, 2.45) is 5.92 Å². The van der Waals surface area contributed by atoms with Crippen LogP contribution in [0.5, 0.6) is 0 Å². The molecule has 0 spiro atoms. The van der Waals surface area contributed by atoms with E-state index in [0.29, 0.717) is 37.2 Å². The largest absolute Gasteiger partial charge is 0.381 e. The van der Waals surface area contributed by atoms with Crippen LogP contribution in [-0.4, -0.2) is 44.8 Å². The van der Waals surface area contributed by atoms with Crippen molar-refractivity contribution in [3.8, 4) is 22.4 Å². The minimum atomic E-state index is -0.0620. The number of hydrogen-bond donors (Lipinski definition) is 0. The number of ether oxygens (including phenoxy) is 1. The predicted molar refractivity (Wildman–Crippen MR) is 115 cm³/mol. The summed E-state index contributed by atoms with van der Waals surface area (Å²) in [6.07, 6.45) is 4.94. The quantitative estimate of drug-likeness (QED) is 0.602. The van der Waals surface area contributed by atoms with E-state index in [4.69, 9.17) is 21.4 Å². The molecule has 2 aliphatic rings. The highest BCUT2D eigenvalue weighted by atomic mass is 35.5. The Morgan fingerprint density at radius 2 is 1.87 bits per heavy atom. The number of pyridine rings is 1. The summed E-state index contributed by atoms with van der Waals surface area (Å²) in [4.78, 5) is 18.8. The van der Waals surface area contributed by atoms with Gasteiger partial charge in [-0.15, -0.1) is 0 Å². The van der Waals surface area contributed by atoms with Gasteiger partial charge in [-0.2, -0.15) is 5.10 Å². The van der Waals surface area contributed by atoms with E-state index >= 15 is 0 Å². The van der Waals surface area contributed by atoms with Gasteiger partial charge in [0.15, 0.2) is 0 Å². The molecule has 7 heteroatoms. The van der Waals surface area contributed by atoms with Crippen LogP contribution in [0, 0.1) is 5.92 Å². The highest BCUT2D eigenvalue weighted by molar-refractivity contribution is 6.30. The second kappa shape index (κ2) is 7.70. The summed E-state index contributed by atoms with van der Waals surface area (Å²) in [7, 11) is 0. The fraction of sp³-hybridized carbons (Fsp3) is 0.261. The van der Waals surface area contributed by atoms with Gasteiger partial charge in [-0.1, -0.05) is 30.3 Å². The zero-order valence-electron chi connectivity index (χ0n) is 16.4. The number of fused-ring (bicyclic) bond motifs is 1. The van der Waals surface area contributed by atoms with Gasteiger partial charge in [0.25, 0.3) is 0 Å². The molecule has 0 aliphatic carbocycles. The molecule has 6 nitrogen and oxygen atoms in total. The van der Waals surface area contributed by atoms with Crippen LogP contribution in [-0.2, 0) is 22.6 Å². The van der Waals surface area contributed by atoms with Crippen LogP contribution in [0.1, 0.15) is 5.69 Å². The lowest BCUT2D eigenvalue weighted by atomic mass is 9.93. The fourth-order valence-corrected chi connectivity index (χ4v) is 4.36. The molecule has 0 saturated carbocycles. The van der Waals surface area contributed by atoms with Gasteiger partial charge in [-0.05, 0) is 35.9 Å². The van der Waals surface area contributed by atoms with E-state index in [9.17, 15) is 4.79 Å². The average molecular weight is 421 g/mol. The van der Waals surface area contributed by atoms with Gasteiger partial charge in [0.05, 0.1) is 38.0 Å². The van der Waals surface area contributed by atoms with E-state index in [1.54, 1.807) is 12.4 Å². The van der Waals surface area contributed by atoms with Crippen molar-refractivity contribution < 1.29 is 9.53 Å². The summed E-state index contributed by atoms with van der Waals surface area (Å²) in [5.41, 5.74) is 4.91. The molecule has 1 unspecified atom stereocenters. The molecule has 0 N–H and O–H groups in total. The maximum Gasteiger partial charge on any atom is 0.246 e. The summed E-state index contributed by atoms with van der Waals surface area (Å²) < 4.78 is 7.45. The molecule has 4 heterocycles. The van der Waals surface area contributed by atoms with Crippen LogP contribution in [0.4, 0.5) is 0 Å². The highest BCUT2D eigenvalue weighted by Gasteiger charge is 2.40. The lowest BCUT2D eigenvalue weighted by Gasteiger charge is -2.43. The molecular weight excluding hydrogens is 400 g/mol. The first-order valence-corrected chi connectivity index (χ1v) is 10.3. The van der Waals surface area contributed by atoms with Gasteiger partial charge in [0, 0.05) is 34.5 Å². The monoisotopic (exact) mass is 420 g/mol. The maximum absolute atomic E-state index is 12.7. The molecule has 152 valence electrons. The molecule has 2 aromatic heterocycles. The van der Waals surface area contributed by atoms with Gasteiger partial charge in [0.1, 0.15) is 5.69 Å². The molecule has 1 atom stereocenters. The smallest absolute Gasteiger partial charge is 0.246 e. The highest BCUT2D eigenvalue weighted by Crippen LogP contribution is 2.39. The van der Waals surface area contributed by atoms with Crippen LogP contribution in [0.15, 0.2) is 61.4 Å². The second-order valence-corrected chi connectivity index (χ2v) is 8.07. The van der Waals surface area contributed by atoms with Crippen molar-refractivity contribution in [2.45, 2.75) is 19.1 Å². The van der Waals surface area contributed by atoms with Crippen molar-refractivity contribution in [3.05, 3.63) is 72.2 Å². The number of hydrogen-bond acceptors (Lipinski definition) is 4. The Balaban J connectivity index is 1.66. The molecule has 0 radical (unpaired) electrons. The minimum absolute atomic E-state index is 0.0417. The SMILES string of the molecule is C=CC(=O)N1Cc2c(-c3ccncc3)c(-c3ccc(Cl)cc3)nn2CC1C1COC1. The van der Waals surface area contributed by atoms with Crippen LogP contribution >= 0.6 is 11.6 Å². The van der Waals surface area contributed by atoms with Crippen LogP contribution in [0.3, 0.4) is 0 Å². The normalized spacial score (nSPS) is 18.6. The van der Waals surface area contributed by atoms with Crippen molar-refractivity contribution >= 4 is 17.5 Å². The van der Waals surface area contributed by atoms with E-state index in [0.717, 1.165) is 28.1 Å². The standard InChI is InChI=1S/C23H21ClN4O2/c1-2-21(29)27-11-20-22(15-7-9-25-10-8-15)23(16-3-5-18(24)6-4-16)26-28(20)12-19(27)17-13-30-14-17/h2-10,17,19H,1,11-14H2. The fourth-order valence-electron chi connectivity index (χ4n) is 4.23. The number of carbonyl (C=O) groups is 1. The van der Waals surface area contributed by atoms with Crippen LogP contribution in [0.25, 0.3) is 22.4 Å². The van der Waals surface area contributed by atoms with Gasteiger partial charge < -0.3 is 9.64 Å². The molecule has 1 aromatic carbocycles. The van der Waals surface area contributed by atoms with E-state index < -0.39 is 0 Å². The number of aromatic nitrogens is 3. The minimum Gasteiger partial charge on any atom is -0.381 e. The summed E-state index contributed by atoms with van der Waals surface area (Å²) in [6, 6.07) is 11.7. The molecular formula is C23H21ClN4O2. The van der Waals surface area contributed by atoms with Crippen molar-refractivity contribution in [2.75, 3.05) is 13.2 Å². The van der Waals surface area contributed by atoms with E-state index in [2.05, 4.69) is 16.2 Å². The Bertz CT molecular complexity index is 1090. The third kappa shape index (κ3) is 3.22. The summed E-state index contributed by atoms with van der Waals surface area (Å²) in [5.74, 6) is 0.252. The van der Waals surface area contributed by atoms with Crippen molar-refractivity contribution in [1.29, 1.82) is 0 Å². The predicted octanol–water partition coefficient (Wildman–Crippen LogP) is 3.81. The van der Waals surface area contributed by atoms with E-state index in [1.807, 2.05) is 41.3 Å². The Morgan fingerprint density at radius 3 is 2.50 bits per heavy atom. The molecule has 30 heavy (non-hydrogen) atoms. The van der Waals surface area contributed by atoms with Gasteiger partial charge in [-0.3, -0.25) is 14.5 Å². The van der Waals surface area contributed by atoms with E-state index in [1.165, 1.54) is 6.08 Å². The molecule has 0 bridgehead atoms. The number of amides is 1. The lowest BCUT2D eigenvalue weighted by molar-refractivity contribution is -0.139. The summed E-state index contributed by atoms with van der Waals surface area (Å²) in [5, 5.41) is 5.67. The van der Waals surface area contributed by atoms with Crippen molar-refractivity contribution in [1.82, 2.24) is 19.7 Å². The number of benzene rings is 1. The van der Waals surface area contributed by atoms with Gasteiger partial charge in [0.2, 0.25) is 5.91 Å². The van der Waals surface area contributed by atoms with Gasteiger partial charge >= 0.3 is 0 Å². The molecule has 1 amide bonds. The Labute approximate surface area is 179 Å². The number of rotatable bonds is 4. The zero-order chi connectivity index (χ0) is 20.7. The first-order chi connectivity index (χ1) is 14.7. The summed E-state index contributed by atoms with van der Waals surface area (Å²) >= 11 is 6.10. The first kappa shape index (κ1) is 19.0. The van der Waals surface area contributed by atoms with Gasteiger partial charge in [-0.25, -0.2) is 0 Å². The number of nitrogens with zero attached hydrogens (tertiary/aromatic N) is 4. The number of halogens is 1. The first-order valence-electron chi connectivity index (χ1n) is 9.92. The average Bonchev–Trinajstić information content (AvgIpc) is 3.11. The summed E-state index contributed by atoms with van der Waals surface area (Å²) in [6.45, 7) is 6.16. The Morgan fingerprint density at radius 1 is 1.13 bits per heavy atom. The number of carbonyl (C=O) groups excluding carboxylic acids is 1. The third-order valence-electron chi connectivity index (χ3n) is 5.89. The Hall–Kier alpha value is -2.96. The molecule has 5 rings (SSSR count). The third-order valence-corrected chi connectivity index (χ3v) is 6.14. The molecule has 1 saturated heterocycles. The molecule has 2 aliphatic heterocycles. The Kier molecular flexibility index (Phi) is 4.89. The lowest BCUT2D eigenvalue weighted by Crippen LogP contribution is -2.54. The van der Waals surface area contributed by atoms with E-state index in [-0.39, 0.29) is 11.9 Å².